The van der Waals surface area contributed by atoms with Crippen molar-refractivity contribution in [1.82, 2.24) is 5.32 Å². The van der Waals surface area contributed by atoms with Gasteiger partial charge in [0, 0.05) is 12.6 Å². The van der Waals surface area contributed by atoms with Gasteiger partial charge in [0.1, 0.15) is 11.5 Å². The SMILES string of the molecule is COc1ccc(/C(C)=C/C(=O)NCCc2ccccc2O)cc1. The second kappa shape index (κ2) is 8.03. The number of ether oxygens (including phenoxy) is 1. The summed E-state index contributed by atoms with van der Waals surface area (Å²) in [5.41, 5.74) is 2.68. The number of allylic oxidation sites excluding steroid dienone is 1. The van der Waals surface area contributed by atoms with Crippen LogP contribution in [0.25, 0.3) is 5.57 Å². The predicted molar refractivity (Wildman–Crippen MR) is 91.5 cm³/mol. The summed E-state index contributed by atoms with van der Waals surface area (Å²) < 4.78 is 5.12. The highest BCUT2D eigenvalue weighted by atomic mass is 16.5. The molecule has 2 rings (SSSR count). The predicted octanol–water partition coefficient (Wildman–Crippen LogP) is 3.16. The lowest BCUT2D eigenvalue weighted by atomic mass is 10.1. The van der Waals surface area contributed by atoms with Crippen molar-refractivity contribution in [3.8, 4) is 11.5 Å². The highest BCUT2D eigenvalue weighted by molar-refractivity contribution is 5.94. The van der Waals surface area contributed by atoms with Crippen molar-refractivity contribution in [2.24, 2.45) is 0 Å². The van der Waals surface area contributed by atoms with Crippen molar-refractivity contribution < 1.29 is 14.6 Å². The van der Waals surface area contributed by atoms with E-state index in [2.05, 4.69) is 5.32 Å². The zero-order valence-electron chi connectivity index (χ0n) is 13.4. The lowest BCUT2D eigenvalue weighted by Crippen LogP contribution is -2.23. The van der Waals surface area contributed by atoms with Gasteiger partial charge in [0.05, 0.1) is 7.11 Å². The Labute approximate surface area is 136 Å². The molecule has 0 saturated carbocycles. The lowest BCUT2D eigenvalue weighted by Gasteiger charge is -2.06. The fourth-order valence-electron chi connectivity index (χ4n) is 2.23. The molecule has 1 amide bonds. The third-order valence-electron chi connectivity index (χ3n) is 3.58. The summed E-state index contributed by atoms with van der Waals surface area (Å²) in [6.07, 6.45) is 2.17. The van der Waals surface area contributed by atoms with Gasteiger partial charge < -0.3 is 15.2 Å². The Morgan fingerprint density at radius 2 is 1.87 bits per heavy atom. The Morgan fingerprint density at radius 3 is 2.52 bits per heavy atom. The molecule has 0 aliphatic carbocycles. The Kier molecular flexibility index (Phi) is 5.80. The van der Waals surface area contributed by atoms with E-state index in [1.807, 2.05) is 43.3 Å². The van der Waals surface area contributed by atoms with Crippen LogP contribution in [0.15, 0.2) is 54.6 Å². The summed E-state index contributed by atoms with van der Waals surface area (Å²) in [7, 11) is 1.62. The summed E-state index contributed by atoms with van der Waals surface area (Å²) >= 11 is 0. The zero-order valence-corrected chi connectivity index (χ0v) is 13.4. The molecule has 0 aliphatic heterocycles. The van der Waals surface area contributed by atoms with Gasteiger partial charge >= 0.3 is 0 Å². The third-order valence-corrected chi connectivity index (χ3v) is 3.58. The number of carbonyl (C=O) groups is 1. The fourth-order valence-corrected chi connectivity index (χ4v) is 2.23. The molecule has 0 saturated heterocycles. The van der Waals surface area contributed by atoms with Crippen molar-refractivity contribution in [2.45, 2.75) is 13.3 Å². The molecule has 0 atom stereocenters. The van der Waals surface area contributed by atoms with Gasteiger partial charge in [-0.25, -0.2) is 0 Å². The molecule has 0 aliphatic rings. The van der Waals surface area contributed by atoms with E-state index in [-0.39, 0.29) is 11.7 Å². The average Bonchev–Trinajstić information content (AvgIpc) is 2.56. The van der Waals surface area contributed by atoms with Crippen LogP contribution >= 0.6 is 0 Å². The number of phenols is 1. The number of methoxy groups -OCH3 is 1. The molecule has 0 unspecified atom stereocenters. The quantitative estimate of drug-likeness (QED) is 0.806. The van der Waals surface area contributed by atoms with Crippen LogP contribution in [0.5, 0.6) is 11.5 Å². The van der Waals surface area contributed by atoms with E-state index >= 15 is 0 Å². The number of carbonyl (C=O) groups excluding carboxylic acids is 1. The van der Waals surface area contributed by atoms with Gasteiger partial charge in [-0.3, -0.25) is 4.79 Å². The molecular formula is C19H21NO3. The standard InChI is InChI=1S/C19H21NO3/c1-14(15-7-9-17(23-2)10-8-15)13-19(22)20-12-11-16-5-3-4-6-18(16)21/h3-10,13,21H,11-12H2,1-2H3,(H,20,22)/b14-13+. The fraction of sp³-hybridized carbons (Fsp3) is 0.211. The largest absolute Gasteiger partial charge is 0.508 e. The number of nitrogens with one attached hydrogen (secondary N) is 1. The number of benzene rings is 2. The first-order valence-corrected chi connectivity index (χ1v) is 7.47. The second-order valence-corrected chi connectivity index (χ2v) is 5.23. The lowest BCUT2D eigenvalue weighted by molar-refractivity contribution is -0.116. The van der Waals surface area contributed by atoms with Crippen LogP contribution in [0.1, 0.15) is 18.1 Å². The average molecular weight is 311 g/mol. The maximum Gasteiger partial charge on any atom is 0.244 e. The molecule has 4 nitrogen and oxygen atoms in total. The van der Waals surface area contributed by atoms with Crippen molar-refractivity contribution in [3.05, 3.63) is 65.7 Å². The van der Waals surface area contributed by atoms with Gasteiger partial charge in [-0.05, 0) is 48.2 Å². The number of phenolic OH excluding ortho intramolecular Hbond substituents is 1. The Hall–Kier alpha value is -2.75. The van der Waals surface area contributed by atoms with Crippen molar-refractivity contribution >= 4 is 11.5 Å². The van der Waals surface area contributed by atoms with Crippen LogP contribution in [0.4, 0.5) is 0 Å². The van der Waals surface area contributed by atoms with E-state index in [9.17, 15) is 9.90 Å². The van der Waals surface area contributed by atoms with Crippen LogP contribution in [0.2, 0.25) is 0 Å². The van der Waals surface area contributed by atoms with E-state index in [0.29, 0.717) is 13.0 Å². The summed E-state index contributed by atoms with van der Waals surface area (Å²) in [4.78, 5) is 12.0. The first-order valence-electron chi connectivity index (χ1n) is 7.47. The summed E-state index contributed by atoms with van der Waals surface area (Å²) in [5, 5.41) is 12.5. The molecule has 2 N–H and O–H groups in total. The minimum absolute atomic E-state index is 0.145. The van der Waals surface area contributed by atoms with Gasteiger partial charge in [0.25, 0.3) is 0 Å². The van der Waals surface area contributed by atoms with Gasteiger partial charge in [0.2, 0.25) is 5.91 Å². The summed E-state index contributed by atoms with van der Waals surface area (Å²) in [6, 6.07) is 14.7. The van der Waals surface area contributed by atoms with Crippen LogP contribution in [0, 0.1) is 0 Å². The number of para-hydroxylation sites is 1. The smallest absolute Gasteiger partial charge is 0.244 e. The normalized spacial score (nSPS) is 11.1. The maximum atomic E-state index is 12.0. The van der Waals surface area contributed by atoms with E-state index in [1.54, 1.807) is 25.3 Å². The molecule has 120 valence electrons. The topological polar surface area (TPSA) is 58.6 Å². The minimum Gasteiger partial charge on any atom is -0.508 e. The number of hydrogen-bond donors (Lipinski definition) is 2. The molecule has 4 heteroatoms. The molecule has 0 radical (unpaired) electrons. The molecule has 2 aromatic rings. The molecule has 0 bridgehead atoms. The Morgan fingerprint density at radius 1 is 1.17 bits per heavy atom. The maximum absolute atomic E-state index is 12.0. The molecular weight excluding hydrogens is 290 g/mol. The first kappa shape index (κ1) is 16.6. The number of amides is 1. The zero-order chi connectivity index (χ0) is 16.7. The molecule has 0 aromatic heterocycles. The van der Waals surface area contributed by atoms with Gasteiger partial charge in [-0.1, -0.05) is 30.3 Å². The van der Waals surface area contributed by atoms with Crippen molar-refractivity contribution in [3.63, 3.8) is 0 Å². The molecule has 2 aromatic carbocycles. The van der Waals surface area contributed by atoms with E-state index in [0.717, 1.165) is 22.4 Å². The Balaban J connectivity index is 1.88. The molecule has 23 heavy (non-hydrogen) atoms. The Bertz CT molecular complexity index is 690. The summed E-state index contributed by atoms with van der Waals surface area (Å²) in [6.45, 7) is 2.37. The molecule has 0 fully saturated rings. The van der Waals surface area contributed by atoms with Gasteiger partial charge in [-0.15, -0.1) is 0 Å². The van der Waals surface area contributed by atoms with Crippen LogP contribution < -0.4 is 10.1 Å². The first-order chi connectivity index (χ1) is 11.1. The van der Waals surface area contributed by atoms with Gasteiger partial charge in [0.15, 0.2) is 0 Å². The number of aromatic hydroxyl groups is 1. The van der Waals surface area contributed by atoms with Gasteiger partial charge in [-0.2, -0.15) is 0 Å². The van der Waals surface area contributed by atoms with Crippen molar-refractivity contribution in [1.29, 1.82) is 0 Å². The van der Waals surface area contributed by atoms with Crippen LogP contribution in [-0.2, 0) is 11.2 Å². The van der Waals surface area contributed by atoms with E-state index in [4.69, 9.17) is 4.74 Å². The molecule has 0 heterocycles. The highest BCUT2D eigenvalue weighted by Gasteiger charge is 2.03. The van der Waals surface area contributed by atoms with Crippen molar-refractivity contribution in [2.75, 3.05) is 13.7 Å². The van der Waals surface area contributed by atoms with E-state index in [1.165, 1.54) is 0 Å². The number of hydrogen-bond acceptors (Lipinski definition) is 3. The monoisotopic (exact) mass is 311 g/mol. The number of rotatable bonds is 6. The minimum atomic E-state index is -0.145. The third kappa shape index (κ3) is 4.88. The molecule has 0 spiro atoms. The summed E-state index contributed by atoms with van der Waals surface area (Å²) in [5.74, 6) is 0.897. The van der Waals surface area contributed by atoms with Crippen LogP contribution in [-0.4, -0.2) is 24.7 Å². The van der Waals surface area contributed by atoms with E-state index < -0.39 is 0 Å². The van der Waals surface area contributed by atoms with Crippen LogP contribution in [0.3, 0.4) is 0 Å². The highest BCUT2D eigenvalue weighted by Crippen LogP contribution is 2.18. The second-order valence-electron chi connectivity index (χ2n) is 5.23.